The third-order valence-electron chi connectivity index (χ3n) is 2.95. The van der Waals surface area contributed by atoms with Gasteiger partial charge in [-0.15, -0.1) is 0 Å². The SMILES string of the molecule is CCN(c1cc(F)cc([N+](=O)[O-])c1)C1CNC1. The molecule has 0 aliphatic carbocycles. The maximum absolute atomic E-state index is 13.3. The van der Waals surface area contributed by atoms with Crippen molar-refractivity contribution in [1.82, 2.24) is 5.32 Å². The minimum absolute atomic E-state index is 0.203. The highest BCUT2D eigenvalue weighted by Crippen LogP contribution is 2.25. The van der Waals surface area contributed by atoms with E-state index in [-0.39, 0.29) is 5.69 Å². The first kappa shape index (κ1) is 11.8. The molecular weight excluding hydrogens is 225 g/mol. The van der Waals surface area contributed by atoms with Crippen molar-refractivity contribution in [2.45, 2.75) is 13.0 Å². The molecule has 1 heterocycles. The molecule has 6 heteroatoms. The molecule has 1 N–H and O–H groups in total. The molecule has 0 saturated carbocycles. The molecule has 2 rings (SSSR count). The fourth-order valence-corrected chi connectivity index (χ4v) is 1.98. The molecule has 1 aromatic carbocycles. The van der Waals surface area contributed by atoms with Crippen LogP contribution in [0.2, 0.25) is 0 Å². The average molecular weight is 239 g/mol. The molecule has 0 radical (unpaired) electrons. The van der Waals surface area contributed by atoms with Gasteiger partial charge in [0.1, 0.15) is 5.82 Å². The third-order valence-corrected chi connectivity index (χ3v) is 2.95. The van der Waals surface area contributed by atoms with Crippen LogP contribution in [0.25, 0.3) is 0 Å². The third kappa shape index (κ3) is 2.36. The predicted molar refractivity (Wildman–Crippen MR) is 62.7 cm³/mol. The van der Waals surface area contributed by atoms with Gasteiger partial charge >= 0.3 is 0 Å². The lowest BCUT2D eigenvalue weighted by molar-refractivity contribution is -0.385. The number of nitro benzene ring substituents is 1. The van der Waals surface area contributed by atoms with Gasteiger partial charge in [-0.2, -0.15) is 0 Å². The number of non-ortho nitro benzene ring substituents is 1. The molecule has 92 valence electrons. The number of anilines is 1. The zero-order valence-corrected chi connectivity index (χ0v) is 9.52. The fourth-order valence-electron chi connectivity index (χ4n) is 1.98. The van der Waals surface area contributed by atoms with Crippen LogP contribution in [-0.2, 0) is 0 Å². The molecule has 1 fully saturated rings. The Labute approximate surface area is 98.4 Å². The number of nitrogens with one attached hydrogen (secondary N) is 1. The van der Waals surface area contributed by atoms with E-state index in [4.69, 9.17) is 0 Å². The van der Waals surface area contributed by atoms with Crippen LogP contribution in [0.3, 0.4) is 0 Å². The largest absolute Gasteiger partial charge is 0.366 e. The lowest BCUT2D eigenvalue weighted by Gasteiger charge is -2.39. The molecule has 0 amide bonds. The van der Waals surface area contributed by atoms with Crippen LogP contribution in [0, 0.1) is 15.9 Å². The van der Waals surface area contributed by atoms with Crippen LogP contribution in [-0.4, -0.2) is 30.6 Å². The lowest BCUT2D eigenvalue weighted by Crippen LogP contribution is -2.57. The van der Waals surface area contributed by atoms with Crippen molar-refractivity contribution < 1.29 is 9.31 Å². The second-order valence-electron chi connectivity index (χ2n) is 4.02. The van der Waals surface area contributed by atoms with Gasteiger partial charge in [0, 0.05) is 31.4 Å². The molecule has 0 bridgehead atoms. The standard InChI is InChI=1S/C11H14FN3O2/c1-2-14(11-6-13-7-11)9-3-8(12)4-10(5-9)15(16)17/h3-5,11,13H,2,6-7H2,1H3. The van der Waals surface area contributed by atoms with Crippen LogP contribution in [0.4, 0.5) is 15.8 Å². The van der Waals surface area contributed by atoms with Gasteiger partial charge in [0.2, 0.25) is 0 Å². The highest BCUT2D eigenvalue weighted by Gasteiger charge is 2.25. The summed E-state index contributed by atoms with van der Waals surface area (Å²) in [5.74, 6) is -0.570. The first-order valence-electron chi connectivity index (χ1n) is 5.54. The average Bonchev–Trinajstić information content (AvgIpc) is 2.21. The Morgan fingerprint density at radius 2 is 2.24 bits per heavy atom. The van der Waals surface area contributed by atoms with Crippen LogP contribution in [0.15, 0.2) is 18.2 Å². The molecule has 17 heavy (non-hydrogen) atoms. The van der Waals surface area contributed by atoms with E-state index in [1.54, 1.807) is 0 Å². The van der Waals surface area contributed by atoms with E-state index in [2.05, 4.69) is 5.32 Å². The molecule has 1 saturated heterocycles. The van der Waals surface area contributed by atoms with E-state index in [9.17, 15) is 14.5 Å². The molecule has 0 spiro atoms. The quantitative estimate of drug-likeness (QED) is 0.639. The molecule has 1 aliphatic rings. The van der Waals surface area contributed by atoms with Crippen LogP contribution in [0.1, 0.15) is 6.92 Å². The van der Waals surface area contributed by atoms with E-state index in [0.717, 1.165) is 19.2 Å². The van der Waals surface area contributed by atoms with E-state index < -0.39 is 10.7 Å². The molecule has 0 unspecified atom stereocenters. The van der Waals surface area contributed by atoms with E-state index in [1.165, 1.54) is 12.1 Å². The fraction of sp³-hybridized carbons (Fsp3) is 0.455. The van der Waals surface area contributed by atoms with E-state index in [1.807, 2.05) is 11.8 Å². The summed E-state index contributed by atoms with van der Waals surface area (Å²) in [5.41, 5.74) is 0.372. The maximum atomic E-state index is 13.3. The lowest BCUT2D eigenvalue weighted by atomic mass is 10.1. The predicted octanol–water partition coefficient (Wildman–Crippen LogP) is 1.53. The number of hydrogen-bond donors (Lipinski definition) is 1. The Balaban J connectivity index is 2.32. The van der Waals surface area contributed by atoms with Gasteiger partial charge in [0.05, 0.1) is 17.0 Å². The second-order valence-corrected chi connectivity index (χ2v) is 4.02. The summed E-state index contributed by atoms with van der Waals surface area (Å²) < 4.78 is 13.3. The molecule has 1 aliphatic heterocycles. The molecule has 5 nitrogen and oxygen atoms in total. The zero-order chi connectivity index (χ0) is 12.4. The van der Waals surface area contributed by atoms with E-state index in [0.29, 0.717) is 18.3 Å². The van der Waals surface area contributed by atoms with Crippen molar-refractivity contribution in [3.8, 4) is 0 Å². The van der Waals surface area contributed by atoms with Gasteiger partial charge < -0.3 is 10.2 Å². The normalized spacial score (nSPS) is 15.4. The first-order chi connectivity index (χ1) is 8.11. The van der Waals surface area contributed by atoms with Gasteiger partial charge in [0.25, 0.3) is 5.69 Å². The Morgan fingerprint density at radius 1 is 1.53 bits per heavy atom. The second kappa shape index (κ2) is 4.67. The number of hydrogen-bond acceptors (Lipinski definition) is 4. The molecule has 0 aromatic heterocycles. The number of likely N-dealkylation sites (N-methyl/N-ethyl adjacent to an activating group) is 1. The number of benzene rings is 1. The summed E-state index contributed by atoms with van der Waals surface area (Å²) in [6.45, 7) is 4.32. The number of nitrogens with zero attached hydrogens (tertiary/aromatic N) is 2. The van der Waals surface area contributed by atoms with Gasteiger partial charge in [-0.1, -0.05) is 0 Å². The van der Waals surface area contributed by atoms with Crippen LogP contribution < -0.4 is 10.2 Å². The highest BCUT2D eigenvalue weighted by atomic mass is 19.1. The minimum Gasteiger partial charge on any atom is -0.366 e. The van der Waals surface area contributed by atoms with Crippen molar-refractivity contribution in [3.63, 3.8) is 0 Å². The van der Waals surface area contributed by atoms with Gasteiger partial charge in [-0.25, -0.2) is 4.39 Å². The Morgan fingerprint density at radius 3 is 2.71 bits per heavy atom. The van der Waals surface area contributed by atoms with Gasteiger partial charge in [0.15, 0.2) is 0 Å². The Kier molecular flexibility index (Phi) is 3.23. The summed E-state index contributed by atoms with van der Waals surface area (Å²) in [7, 11) is 0. The van der Waals surface area contributed by atoms with Crippen LogP contribution >= 0.6 is 0 Å². The van der Waals surface area contributed by atoms with Gasteiger partial charge in [-0.3, -0.25) is 10.1 Å². The van der Waals surface area contributed by atoms with Crippen molar-refractivity contribution in [2.24, 2.45) is 0 Å². The summed E-state index contributed by atoms with van der Waals surface area (Å²) in [6.07, 6.45) is 0. The summed E-state index contributed by atoms with van der Waals surface area (Å²) in [6, 6.07) is 4.00. The Hall–Kier alpha value is -1.69. The van der Waals surface area contributed by atoms with Crippen molar-refractivity contribution in [3.05, 3.63) is 34.1 Å². The topological polar surface area (TPSA) is 58.4 Å². The molecule has 1 aromatic rings. The Bertz CT molecular complexity index is 435. The molecule has 0 atom stereocenters. The van der Waals surface area contributed by atoms with Crippen molar-refractivity contribution >= 4 is 11.4 Å². The number of halogens is 1. The minimum atomic E-state index is -0.570. The summed E-state index contributed by atoms with van der Waals surface area (Å²) in [4.78, 5) is 12.1. The zero-order valence-electron chi connectivity index (χ0n) is 9.52. The van der Waals surface area contributed by atoms with Crippen molar-refractivity contribution in [2.75, 3.05) is 24.5 Å². The smallest absolute Gasteiger partial charge is 0.274 e. The molecular formula is C11H14FN3O2. The monoisotopic (exact) mass is 239 g/mol. The van der Waals surface area contributed by atoms with Crippen LogP contribution in [0.5, 0.6) is 0 Å². The summed E-state index contributed by atoms with van der Waals surface area (Å²) >= 11 is 0. The maximum Gasteiger partial charge on any atom is 0.274 e. The first-order valence-corrected chi connectivity index (χ1v) is 5.54. The van der Waals surface area contributed by atoms with E-state index >= 15 is 0 Å². The highest BCUT2D eigenvalue weighted by molar-refractivity contribution is 5.54. The number of rotatable bonds is 4. The summed E-state index contributed by atoms with van der Waals surface area (Å²) in [5, 5.41) is 13.8. The number of nitro groups is 1. The van der Waals surface area contributed by atoms with Gasteiger partial charge in [-0.05, 0) is 13.0 Å². The van der Waals surface area contributed by atoms with Crippen molar-refractivity contribution in [1.29, 1.82) is 0 Å².